The molecular weight excluding hydrogens is 461 g/mol. The Morgan fingerprint density at radius 1 is 1.06 bits per heavy atom. The van der Waals surface area contributed by atoms with Crippen LogP contribution in [0.1, 0.15) is 53.2 Å². The summed E-state index contributed by atoms with van der Waals surface area (Å²) in [5, 5.41) is 9.85. The molecule has 1 aliphatic heterocycles. The summed E-state index contributed by atoms with van der Waals surface area (Å²) in [6.45, 7) is 5.48. The molecule has 9 heteroatoms. The molecule has 0 radical (unpaired) electrons. The molecule has 0 fully saturated rings. The van der Waals surface area contributed by atoms with Crippen molar-refractivity contribution in [3.05, 3.63) is 83.4 Å². The Kier molecular flexibility index (Phi) is 7.77. The molecule has 2 aromatic carbocycles. The minimum atomic E-state index is -0.825. The van der Waals surface area contributed by atoms with Crippen LogP contribution in [0.5, 0.6) is 0 Å². The van der Waals surface area contributed by atoms with Crippen LogP contribution in [0, 0.1) is 11.7 Å². The molecule has 1 atom stereocenters. The van der Waals surface area contributed by atoms with Crippen molar-refractivity contribution in [1.82, 2.24) is 20.0 Å². The van der Waals surface area contributed by atoms with Crippen LogP contribution in [0.3, 0.4) is 0 Å². The second-order valence-electron chi connectivity index (χ2n) is 9.36. The van der Waals surface area contributed by atoms with Gasteiger partial charge in [-0.25, -0.2) is 4.39 Å². The average Bonchev–Trinajstić information content (AvgIpc) is 3.23. The molecule has 3 aromatic rings. The van der Waals surface area contributed by atoms with Gasteiger partial charge in [-0.2, -0.15) is 5.10 Å². The first-order valence-electron chi connectivity index (χ1n) is 12.1. The second kappa shape index (κ2) is 11.2. The Morgan fingerprint density at radius 2 is 1.78 bits per heavy atom. The van der Waals surface area contributed by atoms with Crippen molar-refractivity contribution in [2.45, 2.75) is 45.8 Å². The number of anilines is 1. The zero-order chi connectivity index (χ0) is 25.7. The minimum Gasteiger partial charge on any atom is -0.339 e. The lowest BCUT2D eigenvalue weighted by atomic mass is 10.0. The van der Waals surface area contributed by atoms with Crippen molar-refractivity contribution in [2.75, 3.05) is 11.9 Å². The Hall–Kier alpha value is -4.01. The molecule has 0 saturated heterocycles. The van der Waals surface area contributed by atoms with E-state index in [1.165, 1.54) is 30.3 Å². The van der Waals surface area contributed by atoms with Gasteiger partial charge in [0.25, 0.3) is 11.8 Å². The van der Waals surface area contributed by atoms with Crippen LogP contribution in [-0.2, 0) is 17.9 Å². The van der Waals surface area contributed by atoms with Gasteiger partial charge in [0.2, 0.25) is 5.91 Å². The van der Waals surface area contributed by atoms with E-state index in [1.54, 1.807) is 9.58 Å². The number of aromatic nitrogens is 2. The van der Waals surface area contributed by atoms with Crippen molar-refractivity contribution in [1.29, 1.82) is 0 Å². The predicted molar refractivity (Wildman–Crippen MR) is 134 cm³/mol. The zero-order valence-electron chi connectivity index (χ0n) is 20.4. The van der Waals surface area contributed by atoms with Crippen molar-refractivity contribution < 1.29 is 18.8 Å². The fourth-order valence-electron chi connectivity index (χ4n) is 4.20. The lowest BCUT2D eigenvalue weighted by Crippen LogP contribution is -2.44. The molecule has 1 aliphatic rings. The molecule has 1 unspecified atom stereocenters. The third-order valence-corrected chi connectivity index (χ3v) is 5.97. The maximum atomic E-state index is 13.2. The van der Waals surface area contributed by atoms with Gasteiger partial charge in [0.05, 0.1) is 0 Å². The third kappa shape index (κ3) is 6.16. The summed E-state index contributed by atoms with van der Waals surface area (Å²) >= 11 is 0. The molecule has 36 heavy (non-hydrogen) atoms. The lowest BCUT2D eigenvalue weighted by Gasteiger charge is -2.20. The van der Waals surface area contributed by atoms with Gasteiger partial charge in [0.1, 0.15) is 17.6 Å². The number of aryl methyl sites for hydroxylation is 1. The Labute approximate surface area is 209 Å². The third-order valence-electron chi connectivity index (χ3n) is 5.97. The maximum Gasteiger partial charge on any atom is 0.272 e. The summed E-state index contributed by atoms with van der Waals surface area (Å²) in [6, 6.07) is 15.8. The van der Waals surface area contributed by atoms with E-state index in [-0.39, 0.29) is 17.5 Å². The number of amides is 3. The van der Waals surface area contributed by atoms with Gasteiger partial charge in [-0.15, -0.1) is 0 Å². The van der Waals surface area contributed by atoms with Crippen LogP contribution in [0.2, 0.25) is 0 Å². The first-order chi connectivity index (χ1) is 17.3. The summed E-state index contributed by atoms with van der Waals surface area (Å²) < 4.78 is 14.8. The van der Waals surface area contributed by atoms with Crippen molar-refractivity contribution in [3.63, 3.8) is 0 Å². The highest BCUT2D eigenvalue weighted by molar-refractivity contribution is 6.02. The van der Waals surface area contributed by atoms with E-state index < -0.39 is 23.7 Å². The molecule has 0 saturated carbocycles. The van der Waals surface area contributed by atoms with Crippen LogP contribution in [0.25, 0.3) is 0 Å². The SMILES string of the molecule is CC(C)CC(NC(=O)c1cc2n(n1)CCCN(Cc1ccccc1)C2=O)C(=O)Nc1ccc(F)cc1. The quantitative estimate of drug-likeness (QED) is 0.500. The molecule has 1 aromatic heterocycles. The number of rotatable bonds is 8. The maximum absolute atomic E-state index is 13.2. The van der Waals surface area contributed by atoms with Crippen LogP contribution < -0.4 is 10.6 Å². The Balaban J connectivity index is 1.48. The number of hydrogen-bond acceptors (Lipinski definition) is 4. The van der Waals surface area contributed by atoms with Gasteiger partial charge in [0.15, 0.2) is 5.69 Å². The highest BCUT2D eigenvalue weighted by Gasteiger charge is 2.28. The Bertz CT molecular complexity index is 1220. The molecular formula is C27H30FN5O3. The molecule has 0 aliphatic carbocycles. The summed E-state index contributed by atoms with van der Waals surface area (Å²) in [7, 11) is 0. The summed E-state index contributed by atoms with van der Waals surface area (Å²) in [5.41, 5.74) is 1.90. The monoisotopic (exact) mass is 491 g/mol. The number of halogens is 1. The van der Waals surface area contributed by atoms with Crippen LogP contribution >= 0.6 is 0 Å². The first kappa shape index (κ1) is 25.1. The number of benzene rings is 2. The van der Waals surface area contributed by atoms with E-state index in [1.807, 2.05) is 44.2 Å². The molecule has 4 rings (SSSR count). The van der Waals surface area contributed by atoms with Gasteiger partial charge < -0.3 is 15.5 Å². The van der Waals surface area contributed by atoms with Crippen molar-refractivity contribution >= 4 is 23.4 Å². The van der Waals surface area contributed by atoms with E-state index in [9.17, 15) is 18.8 Å². The van der Waals surface area contributed by atoms with Crippen LogP contribution in [0.4, 0.5) is 10.1 Å². The number of fused-ring (bicyclic) bond motifs is 1. The highest BCUT2D eigenvalue weighted by Crippen LogP contribution is 2.18. The van der Waals surface area contributed by atoms with Crippen LogP contribution in [0.15, 0.2) is 60.7 Å². The van der Waals surface area contributed by atoms with Gasteiger partial charge in [-0.3, -0.25) is 19.1 Å². The predicted octanol–water partition coefficient (Wildman–Crippen LogP) is 3.85. The zero-order valence-corrected chi connectivity index (χ0v) is 20.4. The molecule has 2 N–H and O–H groups in total. The first-order valence-corrected chi connectivity index (χ1v) is 12.1. The van der Waals surface area contributed by atoms with E-state index in [2.05, 4.69) is 15.7 Å². The molecule has 188 valence electrons. The topological polar surface area (TPSA) is 96.3 Å². The lowest BCUT2D eigenvalue weighted by molar-refractivity contribution is -0.118. The molecule has 3 amide bonds. The standard InChI is InChI=1S/C27H30FN5O3/c1-18(2)15-22(25(34)29-21-11-9-20(28)10-12-21)30-26(35)23-16-24-27(36)32(13-6-14-33(24)31-23)17-19-7-4-3-5-8-19/h3-5,7-12,16,18,22H,6,13-15,17H2,1-2H3,(H,29,34)(H,30,35). The number of nitrogens with one attached hydrogen (secondary N) is 2. The molecule has 8 nitrogen and oxygen atoms in total. The number of carbonyl (C=O) groups excluding carboxylic acids is 3. The van der Waals surface area contributed by atoms with E-state index in [4.69, 9.17) is 0 Å². The summed E-state index contributed by atoms with van der Waals surface area (Å²) in [6.07, 6.45) is 1.11. The molecule has 0 spiro atoms. The fraction of sp³-hybridized carbons (Fsp3) is 0.333. The minimum absolute atomic E-state index is 0.0863. The largest absolute Gasteiger partial charge is 0.339 e. The van der Waals surface area contributed by atoms with Crippen LogP contribution in [-0.4, -0.2) is 45.0 Å². The van der Waals surface area contributed by atoms with Gasteiger partial charge in [-0.05, 0) is 48.6 Å². The second-order valence-corrected chi connectivity index (χ2v) is 9.36. The van der Waals surface area contributed by atoms with Crippen molar-refractivity contribution in [3.8, 4) is 0 Å². The number of nitrogens with zero attached hydrogens (tertiary/aromatic N) is 3. The van der Waals surface area contributed by atoms with Gasteiger partial charge in [0, 0.05) is 31.4 Å². The normalized spacial score (nSPS) is 14.2. The summed E-state index contributed by atoms with van der Waals surface area (Å²) in [5.74, 6) is -1.40. The van der Waals surface area contributed by atoms with Gasteiger partial charge in [-0.1, -0.05) is 44.2 Å². The van der Waals surface area contributed by atoms with Gasteiger partial charge >= 0.3 is 0 Å². The van der Waals surface area contributed by atoms with E-state index in [0.29, 0.717) is 43.9 Å². The molecule has 2 heterocycles. The highest BCUT2D eigenvalue weighted by atomic mass is 19.1. The Morgan fingerprint density at radius 3 is 2.47 bits per heavy atom. The fourth-order valence-corrected chi connectivity index (χ4v) is 4.20. The van der Waals surface area contributed by atoms with E-state index in [0.717, 1.165) is 5.56 Å². The summed E-state index contributed by atoms with van der Waals surface area (Å²) in [4.78, 5) is 41.0. The van der Waals surface area contributed by atoms with Crippen molar-refractivity contribution in [2.24, 2.45) is 5.92 Å². The molecule has 0 bridgehead atoms. The van der Waals surface area contributed by atoms with E-state index >= 15 is 0 Å². The number of hydrogen-bond donors (Lipinski definition) is 2. The smallest absolute Gasteiger partial charge is 0.272 e. The number of carbonyl (C=O) groups is 3. The average molecular weight is 492 g/mol.